The molecule has 45 heavy (non-hydrogen) atoms. The highest BCUT2D eigenvalue weighted by Crippen LogP contribution is 2.63. The lowest BCUT2D eigenvalue weighted by atomic mass is 9.72. The van der Waals surface area contributed by atoms with Gasteiger partial charge in [-0.2, -0.15) is 0 Å². The van der Waals surface area contributed by atoms with Crippen molar-refractivity contribution in [2.24, 2.45) is 0 Å². The van der Waals surface area contributed by atoms with Crippen molar-refractivity contribution < 1.29 is 38.1 Å². The first-order valence-corrected chi connectivity index (χ1v) is 14.8. The maximum atomic E-state index is 12.7. The van der Waals surface area contributed by atoms with Crippen LogP contribution in [-0.2, 0) is 21.0 Å². The van der Waals surface area contributed by atoms with E-state index in [1.807, 2.05) is 30.3 Å². The predicted molar refractivity (Wildman–Crippen MR) is 166 cm³/mol. The van der Waals surface area contributed by atoms with Gasteiger partial charge >= 0.3 is 18.3 Å². The van der Waals surface area contributed by atoms with Gasteiger partial charge in [0.1, 0.15) is 28.7 Å². The van der Waals surface area contributed by atoms with Crippen LogP contribution in [0.15, 0.2) is 91.0 Å². The van der Waals surface area contributed by atoms with Crippen molar-refractivity contribution in [3.05, 3.63) is 113 Å². The van der Waals surface area contributed by atoms with Crippen molar-refractivity contribution >= 4 is 18.3 Å². The predicted octanol–water partition coefficient (Wildman–Crippen LogP) is 8.42. The minimum Gasteiger partial charge on any atom is -0.427 e. The summed E-state index contributed by atoms with van der Waals surface area (Å²) < 4.78 is 26.9. The quantitative estimate of drug-likeness (QED) is 0.127. The van der Waals surface area contributed by atoms with E-state index in [0.717, 1.165) is 24.0 Å². The first-order valence-electron chi connectivity index (χ1n) is 14.8. The fourth-order valence-corrected chi connectivity index (χ4v) is 7.10. The second-order valence-electron chi connectivity index (χ2n) is 12.9. The van der Waals surface area contributed by atoms with E-state index < -0.39 is 18.3 Å². The van der Waals surface area contributed by atoms with E-state index in [4.69, 9.17) is 23.7 Å². The van der Waals surface area contributed by atoms with Crippen LogP contribution in [0.2, 0.25) is 0 Å². The normalized spacial score (nSPS) is 18.4. The topological polar surface area (TPSA) is 97.4 Å². The molecule has 6 rings (SSSR count). The molecule has 0 bridgehead atoms. The Morgan fingerprint density at radius 3 is 1.40 bits per heavy atom. The zero-order valence-electron chi connectivity index (χ0n) is 25.8. The maximum Gasteiger partial charge on any atom is 0.519 e. The summed E-state index contributed by atoms with van der Waals surface area (Å²) in [5, 5.41) is 0. The first-order chi connectivity index (χ1) is 21.3. The summed E-state index contributed by atoms with van der Waals surface area (Å²) in [6.07, 6.45) is 0.0389. The Kier molecular flexibility index (Phi) is 7.39. The third-order valence-corrected chi connectivity index (χ3v) is 8.57. The van der Waals surface area contributed by atoms with E-state index in [1.54, 1.807) is 48.5 Å². The fraction of sp³-hybridized carbons (Fsp3) is 0.270. The van der Waals surface area contributed by atoms with E-state index in [2.05, 4.69) is 33.8 Å². The van der Waals surface area contributed by atoms with Gasteiger partial charge in [0, 0.05) is 18.4 Å². The van der Waals surface area contributed by atoms with Crippen LogP contribution in [0.4, 0.5) is 9.59 Å². The number of hydrogen-bond donors (Lipinski definition) is 0. The van der Waals surface area contributed by atoms with Gasteiger partial charge in [-0.05, 0) is 94.5 Å². The van der Waals surface area contributed by atoms with E-state index in [1.165, 1.54) is 24.1 Å². The highest BCUT2D eigenvalue weighted by Gasteiger charge is 2.56. The van der Waals surface area contributed by atoms with Crippen molar-refractivity contribution in [1.82, 2.24) is 0 Å². The molecular weight excluding hydrogens is 572 g/mol. The summed E-state index contributed by atoms with van der Waals surface area (Å²) in [6.45, 7) is 10.1. The summed E-state index contributed by atoms with van der Waals surface area (Å²) >= 11 is 0. The van der Waals surface area contributed by atoms with Crippen molar-refractivity contribution in [2.45, 2.75) is 63.7 Å². The van der Waals surface area contributed by atoms with Gasteiger partial charge < -0.3 is 23.7 Å². The number of fused-ring (bicyclic) bond motifs is 4. The number of esters is 1. The lowest BCUT2D eigenvalue weighted by Gasteiger charge is -2.30. The molecule has 0 amide bonds. The second-order valence-corrected chi connectivity index (χ2v) is 12.9. The standard InChI is InChI=1S/C37H34O8/c1-23(38)41-25-12-9-13-26(18-25)43-34(40)45-28-15-17-30-32(20-28)36(4,5)22-37(30)21-35(2,3)31-19-27(14-16-29(31)37)44-33(39)42-24-10-7-6-8-11-24/h6-20H,21-22H2,1-5H3. The highest BCUT2D eigenvalue weighted by atomic mass is 16.7. The molecule has 0 aliphatic heterocycles. The number of carbonyl (C=O) groups is 3. The van der Waals surface area contributed by atoms with Gasteiger partial charge in [-0.3, -0.25) is 4.79 Å². The van der Waals surface area contributed by atoms with Crippen molar-refractivity contribution in [3.8, 4) is 28.7 Å². The van der Waals surface area contributed by atoms with Gasteiger partial charge in [0.05, 0.1) is 0 Å². The van der Waals surface area contributed by atoms with Crippen molar-refractivity contribution in [2.75, 3.05) is 0 Å². The zero-order valence-corrected chi connectivity index (χ0v) is 25.8. The molecule has 0 saturated heterocycles. The Hall–Kier alpha value is -5.11. The number of hydrogen-bond acceptors (Lipinski definition) is 8. The Morgan fingerprint density at radius 1 is 0.489 bits per heavy atom. The molecule has 4 aromatic carbocycles. The number of carbonyl (C=O) groups excluding carboxylic acids is 3. The molecule has 8 heteroatoms. The highest BCUT2D eigenvalue weighted by molar-refractivity contribution is 5.71. The van der Waals surface area contributed by atoms with Crippen molar-refractivity contribution in [1.29, 1.82) is 0 Å². The molecule has 8 nitrogen and oxygen atoms in total. The van der Waals surface area contributed by atoms with E-state index in [-0.39, 0.29) is 27.7 Å². The van der Waals surface area contributed by atoms with Gasteiger partial charge in [0.25, 0.3) is 0 Å². The van der Waals surface area contributed by atoms with Crippen LogP contribution in [0, 0.1) is 0 Å². The van der Waals surface area contributed by atoms with Crippen molar-refractivity contribution in [3.63, 3.8) is 0 Å². The maximum absolute atomic E-state index is 12.7. The van der Waals surface area contributed by atoms with E-state index in [9.17, 15) is 14.4 Å². The van der Waals surface area contributed by atoms with Gasteiger partial charge in [-0.1, -0.05) is 64.1 Å². The molecule has 1 spiro atoms. The molecule has 1 unspecified atom stereocenters. The first kappa shape index (κ1) is 29.9. The van der Waals surface area contributed by atoms with Gasteiger partial charge in [-0.15, -0.1) is 0 Å². The van der Waals surface area contributed by atoms with Crippen LogP contribution < -0.4 is 23.7 Å². The number of para-hydroxylation sites is 1. The summed E-state index contributed by atoms with van der Waals surface area (Å²) in [5.74, 6) is 1.20. The SMILES string of the molecule is CC(=O)Oc1cccc(OC(=O)Oc2ccc3c(c2)C(C)(C)CC32CC(C)(C)c3cc(OC(=O)Oc4ccccc4)ccc32)c1. The Balaban J connectivity index is 1.24. The molecule has 0 fully saturated rings. The number of benzene rings is 4. The van der Waals surface area contributed by atoms with E-state index in [0.29, 0.717) is 17.2 Å². The largest absolute Gasteiger partial charge is 0.519 e. The fourth-order valence-electron chi connectivity index (χ4n) is 7.10. The summed E-state index contributed by atoms with van der Waals surface area (Å²) in [5.41, 5.74) is 3.92. The molecule has 0 aromatic heterocycles. The van der Waals surface area contributed by atoms with Crippen LogP contribution in [0.25, 0.3) is 0 Å². The molecule has 1 atom stereocenters. The average Bonchev–Trinajstić information content (AvgIpc) is 3.32. The molecule has 0 heterocycles. The third kappa shape index (κ3) is 5.88. The van der Waals surface area contributed by atoms with Crippen LogP contribution in [0.3, 0.4) is 0 Å². The molecule has 0 saturated carbocycles. The van der Waals surface area contributed by atoms with Crippen LogP contribution in [0.1, 0.15) is 69.7 Å². The molecular formula is C37H34O8. The molecule has 230 valence electrons. The molecule has 0 radical (unpaired) electrons. The second kappa shape index (κ2) is 11.1. The lowest BCUT2D eigenvalue weighted by molar-refractivity contribution is -0.131. The third-order valence-electron chi connectivity index (χ3n) is 8.57. The molecule has 0 N–H and O–H groups in total. The number of ether oxygens (including phenoxy) is 5. The molecule has 4 aromatic rings. The summed E-state index contributed by atoms with van der Waals surface area (Å²) in [4.78, 5) is 36.5. The Bertz CT molecular complexity index is 1810. The summed E-state index contributed by atoms with van der Waals surface area (Å²) in [6, 6.07) is 26.6. The van der Waals surface area contributed by atoms with Crippen LogP contribution in [0.5, 0.6) is 28.7 Å². The van der Waals surface area contributed by atoms with Crippen LogP contribution >= 0.6 is 0 Å². The van der Waals surface area contributed by atoms with Crippen LogP contribution in [-0.4, -0.2) is 18.3 Å². The Morgan fingerprint density at radius 2 is 0.911 bits per heavy atom. The Labute approximate surface area is 261 Å². The average molecular weight is 607 g/mol. The minimum absolute atomic E-state index is 0.195. The minimum atomic E-state index is -0.897. The molecule has 2 aliphatic rings. The summed E-state index contributed by atoms with van der Waals surface area (Å²) in [7, 11) is 0. The molecule has 2 aliphatic carbocycles. The van der Waals surface area contributed by atoms with E-state index >= 15 is 0 Å². The lowest BCUT2D eigenvalue weighted by Crippen LogP contribution is -2.26. The smallest absolute Gasteiger partial charge is 0.427 e. The number of rotatable bonds is 5. The van der Waals surface area contributed by atoms with Gasteiger partial charge in [-0.25, -0.2) is 9.59 Å². The zero-order chi connectivity index (χ0) is 32.0. The van der Waals surface area contributed by atoms with Gasteiger partial charge in [0.2, 0.25) is 0 Å². The monoisotopic (exact) mass is 606 g/mol. The van der Waals surface area contributed by atoms with Gasteiger partial charge in [0.15, 0.2) is 0 Å².